The lowest BCUT2D eigenvalue weighted by Gasteiger charge is -2.21. The van der Waals surface area contributed by atoms with Gasteiger partial charge in [-0.05, 0) is 31.3 Å². The molecule has 0 aromatic rings. The molecule has 2 heterocycles. The number of carbonyl (C=O) groups is 1. The van der Waals surface area contributed by atoms with E-state index in [1.54, 1.807) is 23.5 Å². The summed E-state index contributed by atoms with van der Waals surface area (Å²) in [6.45, 7) is 8.70. The summed E-state index contributed by atoms with van der Waals surface area (Å²) >= 11 is 0. The molecule has 1 fully saturated rings. The Balaban J connectivity index is 0.000000171. The molecular formula is C13H19N3O. The Morgan fingerprint density at radius 1 is 1.29 bits per heavy atom. The highest BCUT2D eigenvalue weighted by Gasteiger charge is 2.13. The van der Waals surface area contributed by atoms with E-state index in [0.29, 0.717) is 13.1 Å². The number of piperidine rings is 1. The molecule has 4 nitrogen and oxygen atoms in total. The van der Waals surface area contributed by atoms with Crippen LogP contribution in [0.15, 0.2) is 42.8 Å². The van der Waals surface area contributed by atoms with Crippen molar-refractivity contribution in [2.24, 2.45) is 4.99 Å². The zero-order chi connectivity index (χ0) is 12.5. The van der Waals surface area contributed by atoms with Gasteiger partial charge in [0.25, 0.3) is 0 Å². The summed E-state index contributed by atoms with van der Waals surface area (Å²) in [5.74, 6) is 0.219. The fourth-order valence-corrected chi connectivity index (χ4v) is 1.54. The third-order valence-corrected chi connectivity index (χ3v) is 2.53. The molecule has 2 aliphatic rings. The lowest BCUT2D eigenvalue weighted by atomic mass is 10.1. The normalized spacial score (nSPS) is 18.5. The Morgan fingerprint density at radius 2 is 2.12 bits per heavy atom. The van der Waals surface area contributed by atoms with Crippen molar-refractivity contribution < 1.29 is 4.79 Å². The van der Waals surface area contributed by atoms with E-state index in [4.69, 9.17) is 0 Å². The first-order chi connectivity index (χ1) is 8.27. The maximum Gasteiger partial charge on any atom is 0.226 e. The van der Waals surface area contributed by atoms with Crippen molar-refractivity contribution in [1.29, 1.82) is 0 Å². The summed E-state index contributed by atoms with van der Waals surface area (Å²) in [5.41, 5.74) is 0. The number of hydrogen-bond acceptors (Lipinski definition) is 3. The highest BCUT2D eigenvalue weighted by molar-refractivity contribution is 5.77. The molecule has 0 atom stereocenters. The summed E-state index contributed by atoms with van der Waals surface area (Å²) in [4.78, 5) is 18.4. The van der Waals surface area contributed by atoms with Gasteiger partial charge in [-0.3, -0.25) is 9.79 Å². The van der Waals surface area contributed by atoms with E-state index in [-0.39, 0.29) is 5.91 Å². The van der Waals surface area contributed by atoms with Crippen LogP contribution in [0.25, 0.3) is 0 Å². The van der Waals surface area contributed by atoms with Crippen LogP contribution >= 0.6 is 0 Å². The van der Waals surface area contributed by atoms with E-state index in [9.17, 15) is 4.79 Å². The number of rotatable bonds is 2. The van der Waals surface area contributed by atoms with Crippen LogP contribution in [0.4, 0.5) is 0 Å². The van der Waals surface area contributed by atoms with Gasteiger partial charge in [0.15, 0.2) is 0 Å². The third kappa shape index (κ3) is 4.68. The Bertz CT molecular complexity index is 334. The number of carbonyl (C=O) groups excluding carboxylic acids is 1. The minimum absolute atomic E-state index is 0.219. The summed E-state index contributed by atoms with van der Waals surface area (Å²) in [6.07, 6.45) is 11.8. The molecule has 92 valence electrons. The predicted molar refractivity (Wildman–Crippen MR) is 70.3 cm³/mol. The van der Waals surface area contributed by atoms with Crippen LogP contribution in [0.5, 0.6) is 0 Å². The highest BCUT2D eigenvalue weighted by Crippen LogP contribution is 2.09. The van der Waals surface area contributed by atoms with Gasteiger partial charge < -0.3 is 9.80 Å². The van der Waals surface area contributed by atoms with Crippen molar-refractivity contribution in [2.75, 3.05) is 13.2 Å². The van der Waals surface area contributed by atoms with Crippen LogP contribution in [0.3, 0.4) is 0 Å². The second kappa shape index (κ2) is 7.44. The first-order valence-corrected chi connectivity index (χ1v) is 5.75. The molecular weight excluding hydrogens is 214 g/mol. The van der Waals surface area contributed by atoms with Crippen LogP contribution in [-0.4, -0.2) is 35.1 Å². The topological polar surface area (TPSA) is 35.9 Å². The number of aliphatic imine (C=N–C) groups is 1. The summed E-state index contributed by atoms with van der Waals surface area (Å²) in [5, 5.41) is 0. The molecule has 0 aromatic carbocycles. The van der Waals surface area contributed by atoms with Crippen LogP contribution in [0.2, 0.25) is 0 Å². The first-order valence-electron chi connectivity index (χ1n) is 5.75. The van der Waals surface area contributed by atoms with E-state index in [1.165, 1.54) is 0 Å². The highest BCUT2D eigenvalue weighted by atomic mass is 16.2. The van der Waals surface area contributed by atoms with Gasteiger partial charge in [-0.1, -0.05) is 13.2 Å². The number of likely N-dealkylation sites (tertiary alicyclic amines) is 1. The molecule has 0 bridgehead atoms. The van der Waals surface area contributed by atoms with E-state index >= 15 is 0 Å². The SMILES string of the molecule is C=CN1C=CC=NC1.C=CN1CCCCC1=O. The van der Waals surface area contributed by atoms with Gasteiger partial charge >= 0.3 is 0 Å². The van der Waals surface area contributed by atoms with Gasteiger partial charge in [0.2, 0.25) is 5.91 Å². The van der Waals surface area contributed by atoms with Crippen LogP contribution in [0, 0.1) is 0 Å². The molecule has 0 aromatic heterocycles. The Hall–Kier alpha value is -1.84. The minimum Gasteiger partial charge on any atom is -0.335 e. The second-order valence-electron chi connectivity index (χ2n) is 3.74. The molecule has 1 saturated heterocycles. The lowest BCUT2D eigenvalue weighted by molar-refractivity contribution is -0.130. The molecule has 0 aliphatic carbocycles. The van der Waals surface area contributed by atoms with Crippen LogP contribution in [0.1, 0.15) is 19.3 Å². The maximum atomic E-state index is 10.9. The summed E-state index contributed by atoms with van der Waals surface area (Å²) in [7, 11) is 0. The molecule has 4 heteroatoms. The number of nitrogens with zero attached hydrogens (tertiary/aromatic N) is 3. The number of allylic oxidation sites excluding steroid dienone is 1. The predicted octanol–water partition coefficient (Wildman–Crippen LogP) is 2.13. The molecule has 2 aliphatic heterocycles. The average Bonchev–Trinajstić information content (AvgIpc) is 2.41. The molecule has 0 radical (unpaired) electrons. The second-order valence-corrected chi connectivity index (χ2v) is 3.74. The monoisotopic (exact) mass is 233 g/mol. The van der Waals surface area contributed by atoms with Gasteiger partial charge in [0, 0.05) is 25.4 Å². The standard InChI is InChI=1S/C7H11NO.C6H8N2/c1-2-8-6-4-3-5-7(8)9;1-2-8-5-3-4-7-6-8/h2H,1,3-6H2;2-5H,1,6H2. The largest absolute Gasteiger partial charge is 0.335 e. The van der Waals surface area contributed by atoms with E-state index in [1.807, 2.05) is 17.2 Å². The lowest BCUT2D eigenvalue weighted by Crippen LogP contribution is -2.29. The van der Waals surface area contributed by atoms with Gasteiger partial charge in [-0.2, -0.15) is 0 Å². The van der Waals surface area contributed by atoms with Crippen LogP contribution in [-0.2, 0) is 4.79 Å². The molecule has 17 heavy (non-hydrogen) atoms. The van der Waals surface area contributed by atoms with Crippen molar-refractivity contribution in [3.63, 3.8) is 0 Å². The van der Waals surface area contributed by atoms with Crippen LogP contribution < -0.4 is 0 Å². The Morgan fingerprint density at radius 3 is 2.53 bits per heavy atom. The third-order valence-electron chi connectivity index (χ3n) is 2.53. The van der Waals surface area contributed by atoms with Crippen molar-refractivity contribution >= 4 is 12.1 Å². The molecule has 2 rings (SSSR count). The average molecular weight is 233 g/mol. The van der Waals surface area contributed by atoms with E-state index < -0.39 is 0 Å². The zero-order valence-corrected chi connectivity index (χ0v) is 10.1. The summed E-state index contributed by atoms with van der Waals surface area (Å²) in [6, 6.07) is 0. The number of hydrogen-bond donors (Lipinski definition) is 0. The maximum absolute atomic E-state index is 10.9. The van der Waals surface area contributed by atoms with Crippen molar-refractivity contribution in [2.45, 2.75) is 19.3 Å². The van der Waals surface area contributed by atoms with E-state index in [2.05, 4.69) is 18.2 Å². The Kier molecular flexibility index (Phi) is 5.79. The first kappa shape index (κ1) is 13.2. The molecule has 0 spiro atoms. The molecule has 0 N–H and O–H groups in total. The van der Waals surface area contributed by atoms with E-state index in [0.717, 1.165) is 19.4 Å². The van der Waals surface area contributed by atoms with Gasteiger partial charge in [-0.25, -0.2) is 0 Å². The zero-order valence-electron chi connectivity index (χ0n) is 10.1. The minimum atomic E-state index is 0.219. The fraction of sp³-hybridized carbons (Fsp3) is 0.385. The fourth-order valence-electron chi connectivity index (χ4n) is 1.54. The molecule has 1 amide bonds. The van der Waals surface area contributed by atoms with Gasteiger partial charge in [0.1, 0.15) is 6.67 Å². The van der Waals surface area contributed by atoms with Crippen molar-refractivity contribution in [1.82, 2.24) is 9.80 Å². The quantitative estimate of drug-likeness (QED) is 0.732. The van der Waals surface area contributed by atoms with Crippen molar-refractivity contribution in [3.8, 4) is 0 Å². The van der Waals surface area contributed by atoms with Crippen molar-refractivity contribution in [3.05, 3.63) is 37.8 Å². The Labute approximate surface area is 103 Å². The molecule has 0 saturated carbocycles. The summed E-state index contributed by atoms with van der Waals surface area (Å²) < 4.78 is 0. The van der Waals surface area contributed by atoms with Gasteiger partial charge in [-0.15, -0.1) is 0 Å². The number of amides is 1. The smallest absolute Gasteiger partial charge is 0.226 e. The molecule has 0 unspecified atom stereocenters. The van der Waals surface area contributed by atoms with Gasteiger partial charge in [0.05, 0.1) is 0 Å².